The van der Waals surface area contributed by atoms with Crippen molar-refractivity contribution in [2.75, 3.05) is 23.8 Å². The lowest BCUT2D eigenvalue weighted by Crippen LogP contribution is -2.33. The molecule has 1 amide bonds. The van der Waals surface area contributed by atoms with Crippen LogP contribution in [0.2, 0.25) is 0 Å². The highest BCUT2D eigenvalue weighted by molar-refractivity contribution is 7.99. The Bertz CT molecular complexity index is 991. The van der Waals surface area contributed by atoms with E-state index in [4.69, 9.17) is 4.74 Å². The summed E-state index contributed by atoms with van der Waals surface area (Å²) >= 11 is 3.01. The van der Waals surface area contributed by atoms with Crippen molar-refractivity contribution in [3.8, 4) is 0 Å². The highest BCUT2D eigenvalue weighted by Gasteiger charge is 2.23. The van der Waals surface area contributed by atoms with Gasteiger partial charge in [0.15, 0.2) is 10.8 Å². The summed E-state index contributed by atoms with van der Waals surface area (Å²) in [6, 6.07) is 20.1. The fourth-order valence-corrected chi connectivity index (χ4v) is 4.81. The van der Waals surface area contributed by atoms with E-state index in [-0.39, 0.29) is 11.6 Å². The van der Waals surface area contributed by atoms with Crippen LogP contribution in [-0.4, -0.2) is 35.8 Å². The Kier molecular flexibility index (Phi) is 8.67. The summed E-state index contributed by atoms with van der Waals surface area (Å²) in [5.74, 6) is 0.237. The van der Waals surface area contributed by atoms with Gasteiger partial charge in [0.2, 0.25) is 5.91 Å². The molecule has 0 saturated heterocycles. The number of esters is 1. The predicted octanol–water partition coefficient (Wildman–Crippen LogP) is 5.39. The van der Waals surface area contributed by atoms with E-state index in [1.165, 1.54) is 11.3 Å². The highest BCUT2D eigenvalue weighted by Crippen LogP contribution is 2.28. The fourth-order valence-electron chi connectivity index (χ4n) is 3.01. The number of carbonyl (C=O) groups excluding carboxylic acids is 2. The van der Waals surface area contributed by atoms with Crippen LogP contribution in [0.1, 0.15) is 34.3 Å². The first-order chi connectivity index (χ1) is 15.1. The quantitative estimate of drug-likeness (QED) is 0.304. The standard InChI is InChI=1S/C24H26N2O3S2/c1-3-29-23(28)22-18(2)31-24(25-22)26(16-14-19-10-6-4-7-11-19)21(27)15-17-30-20-12-8-5-9-13-20/h4-13H,3,14-17H2,1-2H3. The van der Waals surface area contributed by atoms with Gasteiger partial charge in [0.05, 0.1) is 6.61 Å². The van der Waals surface area contributed by atoms with Crippen LogP contribution < -0.4 is 4.90 Å². The predicted molar refractivity (Wildman–Crippen MR) is 127 cm³/mol. The largest absolute Gasteiger partial charge is 0.461 e. The maximum absolute atomic E-state index is 13.1. The van der Waals surface area contributed by atoms with Gasteiger partial charge in [0.1, 0.15) is 0 Å². The number of rotatable bonds is 10. The van der Waals surface area contributed by atoms with Gasteiger partial charge < -0.3 is 4.74 Å². The summed E-state index contributed by atoms with van der Waals surface area (Å²) in [4.78, 5) is 33.4. The molecule has 1 heterocycles. The number of ether oxygens (including phenoxy) is 1. The minimum absolute atomic E-state index is 0.00326. The Hall–Kier alpha value is -2.64. The molecule has 0 aliphatic carbocycles. The van der Waals surface area contributed by atoms with E-state index < -0.39 is 5.97 Å². The van der Waals surface area contributed by atoms with Crippen molar-refractivity contribution in [3.05, 3.63) is 76.8 Å². The van der Waals surface area contributed by atoms with Crippen molar-refractivity contribution in [3.63, 3.8) is 0 Å². The molecule has 3 rings (SSSR count). The normalized spacial score (nSPS) is 10.6. The maximum Gasteiger partial charge on any atom is 0.358 e. The first-order valence-corrected chi connectivity index (χ1v) is 12.1. The molecule has 2 aromatic carbocycles. The Labute approximate surface area is 191 Å². The molecular weight excluding hydrogens is 428 g/mol. The van der Waals surface area contributed by atoms with Gasteiger partial charge in [0, 0.05) is 28.5 Å². The number of thiazole rings is 1. The molecule has 162 valence electrons. The monoisotopic (exact) mass is 454 g/mol. The SMILES string of the molecule is CCOC(=O)c1nc(N(CCc2ccccc2)C(=O)CCSc2ccccc2)sc1C. The Balaban J connectivity index is 1.73. The summed E-state index contributed by atoms with van der Waals surface area (Å²) in [5.41, 5.74) is 1.44. The van der Waals surface area contributed by atoms with E-state index in [0.29, 0.717) is 36.9 Å². The number of anilines is 1. The third kappa shape index (κ3) is 6.67. The van der Waals surface area contributed by atoms with Gasteiger partial charge in [-0.1, -0.05) is 48.5 Å². The van der Waals surface area contributed by atoms with Crippen molar-refractivity contribution in [2.45, 2.75) is 31.6 Å². The lowest BCUT2D eigenvalue weighted by atomic mass is 10.1. The minimum Gasteiger partial charge on any atom is -0.461 e. The zero-order chi connectivity index (χ0) is 22.1. The van der Waals surface area contributed by atoms with E-state index in [1.807, 2.05) is 67.6 Å². The number of hydrogen-bond donors (Lipinski definition) is 0. The molecule has 0 radical (unpaired) electrons. The summed E-state index contributed by atoms with van der Waals surface area (Å²) in [7, 11) is 0. The van der Waals surface area contributed by atoms with E-state index >= 15 is 0 Å². The summed E-state index contributed by atoms with van der Waals surface area (Å²) < 4.78 is 5.10. The van der Waals surface area contributed by atoms with Gasteiger partial charge in [-0.3, -0.25) is 9.69 Å². The van der Waals surface area contributed by atoms with Crippen molar-refractivity contribution in [1.82, 2.24) is 4.98 Å². The molecule has 0 aliphatic heterocycles. The van der Waals surface area contributed by atoms with Gasteiger partial charge in [-0.2, -0.15) is 0 Å². The zero-order valence-electron chi connectivity index (χ0n) is 17.7. The molecule has 0 aliphatic rings. The number of hydrogen-bond acceptors (Lipinski definition) is 6. The average molecular weight is 455 g/mol. The first kappa shape index (κ1) is 23.0. The van der Waals surface area contributed by atoms with Crippen molar-refractivity contribution >= 4 is 40.1 Å². The molecule has 0 atom stereocenters. The summed E-state index contributed by atoms with van der Waals surface area (Å²) in [6.07, 6.45) is 1.10. The smallest absolute Gasteiger partial charge is 0.358 e. The molecule has 1 aromatic heterocycles. The molecule has 31 heavy (non-hydrogen) atoms. The van der Waals surface area contributed by atoms with E-state index in [9.17, 15) is 9.59 Å². The molecule has 3 aromatic rings. The molecule has 0 unspecified atom stereocenters. The summed E-state index contributed by atoms with van der Waals surface area (Å²) in [6.45, 7) is 4.39. The van der Waals surface area contributed by atoms with Gasteiger partial charge in [0.25, 0.3) is 0 Å². The van der Waals surface area contributed by atoms with Crippen LogP contribution in [0.5, 0.6) is 0 Å². The Morgan fingerprint density at radius 3 is 2.42 bits per heavy atom. The molecule has 0 fully saturated rings. The zero-order valence-corrected chi connectivity index (χ0v) is 19.4. The second kappa shape index (κ2) is 11.7. The first-order valence-electron chi connectivity index (χ1n) is 10.2. The molecule has 0 bridgehead atoms. The van der Waals surface area contributed by atoms with Crippen LogP contribution in [0.15, 0.2) is 65.6 Å². The third-order valence-corrected chi connectivity index (χ3v) is 6.59. The van der Waals surface area contributed by atoms with Crippen LogP contribution >= 0.6 is 23.1 Å². The van der Waals surface area contributed by atoms with Crippen molar-refractivity contribution < 1.29 is 14.3 Å². The van der Waals surface area contributed by atoms with Gasteiger partial charge in [-0.05, 0) is 38.0 Å². The van der Waals surface area contributed by atoms with Gasteiger partial charge in [-0.15, -0.1) is 23.1 Å². The maximum atomic E-state index is 13.1. The van der Waals surface area contributed by atoms with Crippen LogP contribution in [0, 0.1) is 6.92 Å². The molecular formula is C24H26N2O3S2. The Morgan fingerprint density at radius 1 is 1.06 bits per heavy atom. The number of aromatic nitrogens is 1. The topological polar surface area (TPSA) is 59.5 Å². The number of amides is 1. The van der Waals surface area contributed by atoms with E-state index in [2.05, 4.69) is 4.98 Å². The van der Waals surface area contributed by atoms with Crippen LogP contribution in [0.4, 0.5) is 5.13 Å². The Morgan fingerprint density at radius 2 is 1.74 bits per heavy atom. The lowest BCUT2D eigenvalue weighted by molar-refractivity contribution is -0.118. The van der Waals surface area contributed by atoms with Crippen molar-refractivity contribution in [2.24, 2.45) is 0 Å². The molecule has 7 heteroatoms. The van der Waals surface area contributed by atoms with Crippen LogP contribution in [0.25, 0.3) is 0 Å². The van der Waals surface area contributed by atoms with Crippen LogP contribution in [0.3, 0.4) is 0 Å². The molecule has 0 N–H and O–H groups in total. The second-order valence-corrected chi connectivity index (χ2v) is 9.16. The molecule has 5 nitrogen and oxygen atoms in total. The van der Waals surface area contributed by atoms with E-state index in [0.717, 1.165) is 15.3 Å². The number of carbonyl (C=O) groups is 2. The number of nitrogens with zero attached hydrogens (tertiary/aromatic N) is 2. The fraction of sp³-hybridized carbons (Fsp3) is 0.292. The second-order valence-electron chi connectivity index (χ2n) is 6.81. The van der Waals surface area contributed by atoms with Crippen LogP contribution in [-0.2, 0) is 16.0 Å². The number of aryl methyl sites for hydroxylation is 1. The number of benzene rings is 2. The average Bonchev–Trinajstić information content (AvgIpc) is 3.17. The molecule has 0 saturated carbocycles. The van der Waals surface area contributed by atoms with E-state index in [1.54, 1.807) is 23.6 Å². The number of thioether (sulfide) groups is 1. The van der Waals surface area contributed by atoms with Crippen molar-refractivity contribution in [1.29, 1.82) is 0 Å². The highest BCUT2D eigenvalue weighted by atomic mass is 32.2. The summed E-state index contributed by atoms with van der Waals surface area (Å²) in [5, 5.41) is 0.547. The van der Waals surface area contributed by atoms with Gasteiger partial charge >= 0.3 is 5.97 Å². The minimum atomic E-state index is -0.447. The van der Waals surface area contributed by atoms with Gasteiger partial charge in [-0.25, -0.2) is 9.78 Å². The third-order valence-electron chi connectivity index (χ3n) is 4.58. The molecule has 0 spiro atoms. The lowest BCUT2D eigenvalue weighted by Gasteiger charge is -2.20.